The van der Waals surface area contributed by atoms with Gasteiger partial charge in [0.25, 0.3) is 0 Å². The Morgan fingerprint density at radius 1 is 1.31 bits per heavy atom. The predicted molar refractivity (Wildman–Crippen MR) is 54.5 cm³/mol. The van der Waals surface area contributed by atoms with E-state index < -0.39 is 0 Å². The molecule has 0 aromatic heterocycles. The molecule has 72 valence electrons. The Morgan fingerprint density at radius 2 is 2.23 bits per heavy atom. The maximum Gasteiger partial charge on any atom is 0.0602 e. The van der Waals surface area contributed by atoms with Crippen LogP contribution in [0.4, 0.5) is 0 Å². The largest absolute Gasteiger partial charge is 0.302 e. The molecule has 2 heterocycles. The standard InChI is InChI=1S/C11H18N2/c1-12-7-5-6-11(12)10-13-8-3-2-4-9-13/h11H,3,5-10H2,1H3/t11-/m0/s1. The molecule has 13 heavy (non-hydrogen) atoms. The molecule has 0 aromatic carbocycles. The molecule has 2 aliphatic rings. The monoisotopic (exact) mass is 178 g/mol. The number of nitrogens with zero attached hydrogens (tertiary/aromatic N) is 2. The lowest BCUT2D eigenvalue weighted by Crippen LogP contribution is -2.39. The van der Waals surface area contributed by atoms with Crippen LogP contribution in [0.3, 0.4) is 0 Å². The van der Waals surface area contributed by atoms with E-state index >= 15 is 0 Å². The summed E-state index contributed by atoms with van der Waals surface area (Å²) in [6.07, 6.45) is 3.82. The highest BCUT2D eigenvalue weighted by molar-refractivity contribution is 5.05. The van der Waals surface area contributed by atoms with Gasteiger partial charge in [0.05, 0.1) is 6.54 Å². The number of likely N-dealkylation sites (tertiary alicyclic amines) is 1. The number of likely N-dealkylation sites (N-methyl/N-ethyl adjacent to an activating group) is 1. The number of rotatable bonds is 2. The van der Waals surface area contributed by atoms with Crippen molar-refractivity contribution in [2.75, 3.05) is 33.2 Å². The Morgan fingerprint density at radius 3 is 2.85 bits per heavy atom. The van der Waals surface area contributed by atoms with Gasteiger partial charge in [0, 0.05) is 25.6 Å². The van der Waals surface area contributed by atoms with Crippen LogP contribution >= 0.6 is 0 Å². The van der Waals surface area contributed by atoms with Crippen molar-refractivity contribution in [3.8, 4) is 11.8 Å². The third-order valence-electron chi connectivity index (χ3n) is 3.12. The van der Waals surface area contributed by atoms with Crippen LogP contribution in [0.5, 0.6) is 0 Å². The van der Waals surface area contributed by atoms with E-state index in [0.717, 1.165) is 19.0 Å². The van der Waals surface area contributed by atoms with Crippen LogP contribution < -0.4 is 0 Å². The van der Waals surface area contributed by atoms with E-state index in [0.29, 0.717) is 0 Å². The molecular weight excluding hydrogens is 160 g/mol. The van der Waals surface area contributed by atoms with Crippen LogP contribution in [0.2, 0.25) is 0 Å². The predicted octanol–water partition coefficient (Wildman–Crippen LogP) is 0.790. The Kier molecular flexibility index (Phi) is 2.87. The zero-order chi connectivity index (χ0) is 9.10. The molecule has 0 saturated carbocycles. The second kappa shape index (κ2) is 4.13. The SMILES string of the molecule is CN1CCC[C@H]1CN1CC#CCC1. The van der Waals surface area contributed by atoms with Crippen molar-refractivity contribution in [3.63, 3.8) is 0 Å². The average molecular weight is 178 g/mol. The van der Waals surface area contributed by atoms with Crippen molar-refractivity contribution < 1.29 is 0 Å². The molecule has 0 amide bonds. The Labute approximate surface area is 80.9 Å². The van der Waals surface area contributed by atoms with Crippen LogP contribution in [-0.4, -0.2) is 49.1 Å². The molecule has 0 aromatic rings. The van der Waals surface area contributed by atoms with Crippen LogP contribution in [0.1, 0.15) is 19.3 Å². The highest BCUT2D eigenvalue weighted by Crippen LogP contribution is 2.16. The van der Waals surface area contributed by atoms with Crippen molar-refractivity contribution in [2.24, 2.45) is 0 Å². The first-order valence-corrected chi connectivity index (χ1v) is 5.24. The molecular formula is C11H18N2. The highest BCUT2D eigenvalue weighted by Gasteiger charge is 2.22. The summed E-state index contributed by atoms with van der Waals surface area (Å²) in [7, 11) is 2.24. The average Bonchev–Trinajstić information content (AvgIpc) is 2.54. The summed E-state index contributed by atoms with van der Waals surface area (Å²) in [5.74, 6) is 6.33. The molecule has 1 atom stereocenters. The van der Waals surface area contributed by atoms with Crippen LogP contribution in [0.25, 0.3) is 0 Å². The first kappa shape index (κ1) is 9.05. The van der Waals surface area contributed by atoms with Crippen LogP contribution in [0.15, 0.2) is 0 Å². The molecule has 0 spiro atoms. The molecule has 1 saturated heterocycles. The summed E-state index contributed by atoms with van der Waals surface area (Å²) >= 11 is 0. The molecule has 2 heteroatoms. The topological polar surface area (TPSA) is 6.48 Å². The van der Waals surface area contributed by atoms with Gasteiger partial charge >= 0.3 is 0 Å². The van der Waals surface area contributed by atoms with E-state index in [1.807, 2.05) is 0 Å². The van der Waals surface area contributed by atoms with Crippen LogP contribution in [-0.2, 0) is 0 Å². The van der Waals surface area contributed by atoms with Crippen molar-refractivity contribution in [2.45, 2.75) is 25.3 Å². The van der Waals surface area contributed by atoms with E-state index in [1.165, 1.54) is 32.5 Å². The summed E-state index contributed by atoms with van der Waals surface area (Å²) in [5.41, 5.74) is 0. The maximum absolute atomic E-state index is 3.18. The van der Waals surface area contributed by atoms with E-state index in [-0.39, 0.29) is 0 Å². The molecule has 2 nitrogen and oxygen atoms in total. The Balaban J connectivity index is 1.81. The molecule has 2 rings (SSSR count). The third kappa shape index (κ3) is 2.24. The van der Waals surface area contributed by atoms with Crippen LogP contribution in [0, 0.1) is 11.8 Å². The minimum Gasteiger partial charge on any atom is -0.302 e. The van der Waals surface area contributed by atoms with Gasteiger partial charge in [-0.05, 0) is 26.4 Å². The van der Waals surface area contributed by atoms with E-state index in [9.17, 15) is 0 Å². The van der Waals surface area contributed by atoms with Gasteiger partial charge in [-0.1, -0.05) is 5.92 Å². The minimum atomic E-state index is 0.792. The lowest BCUT2D eigenvalue weighted by Gasteiger charge is -2.28. The minimum absolute atomic E-state index is 0.792. The molecule has 0 unspecified atom stereocenters. The van der Waals surface area contributed by atoms with Gasteiger partial charge in [0.1, 0.15) is 0 Å². The van der Waals surface area contributed by atoms with Gasteiger partial charge in [-0.3, -0.25) is 4.90 Å². The quantitative estimate of drug-likeness (QED) is 0.577. The van der Waals surface area contributed by atoms with Gasteiger partial charge < -0.3 is 4.90 Å². The number of hydrogen-bond donors (Lipinski definition) is 0. The van der Waals surface area contributed by atoms with Gasteiger partial charge in [-0.15, -0.1) is 5.92 Å². The van der Waals surface area contributed by atoms with Crippen molar-refractivity contribution >= 4 is 0 Å². The lowest BCUT2D eigenvalue weighted by atomic mass is 10.2. The highest BCUT2D eigenvalue weighted by atomic mass is 15.2. The van der Waals surface area contributed by atoms with Gasteiger partial charge in [-0.25, -0.2) is 0 Å². The molecule has 0 bridgehead atoms. The van der Waals surface area contributed by atoms with Crippen molar-refractivity contribution in [1.29, 1.82) is 0 Å². The fourth-order valence-electron chi connectivity index (χ4n) is 2.21. The van der Waals surface area contributed by atoms with E-state index in [2.05, 4.69) is 28.7 Å². The third-order valence-corrected chi connectivity index (χ3v) is 3.12. The second-order valence-corrected chi connectivity index (χ2v) is 4.12. The van der Waals surface area contributed by atoms with E-state index in [4.69, 9.17) is 0 Å². The normalized spacial score (nSPS) is 30.1. The molecule has 0 N–H and O–H groups in total. The molecule has 1 fully saturated rings. The summed E-state index contributed by atoms with van der Waals surface area (Å²) in [6, 6.07) is 0.792. The maximum atomic E-state index is 3.18. The van der Waals surface area contributed by atoms with Gasteiger partial charge in [0.15, 0.2) is 0 Å². The van der Waals surface area contributed by atoms with Crippen molar-refractivity contribution in [3.05, 3.63) is 0 Å². The first-order chi connectivity index (χ1) is 6.36. The summed E-state index contributed by atoms with van der Waals surface area (Å²) in [6.45, 7) is 4.68. The summed E-state index contributed by atoms with van der Waals surface area (Å²) in [5, 5.41) is 0. The van der Waals surface area contributed by atoms with E-state index in [1.54, 1.807) is 0 Å². The zero-order valence-corrected chi connectivity index (χ0v) is 8.42. The fraction of sp³-hybridized carbons (Fsp3) is 0.818. The van der Waals surface area contributed by atoms with Crippen molar-refractivity contribution in [1.82, 2.24) is 9.80 Å². The molecule has 2 aliphatic heterocycles. The molecule has 0 aliphatic carbocycles. The Hall–Kier alpha value is -0.520. The summed E-state index contributed by atoms with van der Waals surface area (Å²) < 4.78 is 0. The smallest absolute Gasteiger partial charge is 0.0602 e. The lowest BCUT2D eigenvalue weighted by molar-refractivity contribution is 0.208. The number of hydrogen-bond acceptors (Lipinski definition) is 2. The summed E-state index contributed by atoms with van der Waals surface area (Å²) in [4.78, 5) is 4.98. The Bertz CT molecular complexity index is 226. The van der Waals surface area contributed by atoms with Gasteiger partial charge in [0.2, 0.25) is 0 Å². The van der Waals surface area contributed by atoms with Gasteiger partial charge in [-0.2, -0.15) is 0 Å². The first-order valence-electron chi connectivity index (χ1n) is 5.24. The zero-order valence-electron chi connectivity index (χ0n) is 8.42. The molecule has 0 radical (unpaired) electrons. The fourth-order valence-corrected chi connectivity index (χ4v) is 2.21. The second-order valence-electron chi connectivity index (χ2n) is 4.12.